The van der Waals surface area contributed by atoms with E-state index in [1.54, 1.807) is 0 Å². The number of halogens is 1. The molecule has 1 atom stereocenters. The van der Waals surface area contributed by atoms with Crippen LogP contribution in [0.2, 0.25) is 5.02 Å². The second kappa shape index (κ2) is 5.22. The second-order valence-electron chi connectivity index (χ2n) is 2.99. The fourth-order valence-corrected chi connectivity index (χ4v) is 1.15. The van der Waals surface area contributed by atoms with Crippen molar-refractivity contribution >= 4 is 11.6 Å². The smallest absolute Gasteiger partial charge is 0.0721 e. The summed E-state index contributed by atoms with van der Waals surface area (Å²) in [5.41, 5.74) is 6.49. The zero-order valence-electron chi connectivity index (χ0n) is 7.66. The van der Waals surface area contributed by atoms with E-state index in [-0.39, 0.29) is 6.10 Å². The number of benzene rings is 1. The van der Waals surface area contributed by atoms with Crippen molar-refractivity contribution in [1.82, 2.24) is 0 Å². The van der Waals surface area contributed by atoms with Crippen molar-refractivity contribution in [3.63, 3.8) is 0 Å². The third kappa shape index (κ3) is 3.77. The van der Waals surface area contributed by atoms with Gasteiger partial charge in [-0.1, -0.05) is 23.7 Å². The Morgan fingerprint density at radius 1 is 1.54 bits per heavy atom. The van der Waals surface area contributed by atoms with Gasteiger partial charge in [0.15, 0.2) is 0 Å². The molecule has 0 heterocycles. The van der Waals surface area contributed by atoms with Crippen LogP contribution in [0.4, 0.5) is 0 Å². The van der Waals surface area contributed by atoms with Crippen molar-refractivity contribution < 1.29 is 4.74 Å². The molecule has 13 heavy (non-hydrogen) atoms. The molecule has 0 aliphatic rings. The number of nitrogens with two attached hydrogens (primary N) is 1. The molecule has 3 heteroatoms. The van der Waals surface area contributed by atoms with Crippen LogP contribution in [0.5, 0.6) is 0 Å². The molecule has 0 saturated carbocycles. The molecule has 0 spiro atoms. The average Bonchev–Trinajstić information content (AvgIpc) is 2.14. The van der Waals surface area contributed by atoms with Crippen LogP contribution in [0.25, 0.3) is 0 Å². The van der Waals surface area contributed by atoms with Gasteiger partial charge in [-0.25, -0.2) is 0 Å². The highest BCUT2D eigenvalue weighted by molar-refractivity contribution is 6.30. The zero-order valence-corrected chi connectivity index (χ0v) is 8.42. The van der Waals surface area contributed by atoms with Gasteiger partial charge in [-0.3, -0.25) is 0 Å². The van der Waals surface area contributed by atoms with Crippen molar-refractivity contribution in [3.05, 3.63) is 34.9 Å². The molecular weight excluding hydrogens is 186 g/mol. The van der Waals surface area contributed by atoms with Gasteiger partial charge in [0.25, 0.3) is 0 Å². The number of hydrogen-bond acceptors (Lipinski definition) is 2. The molecule has 0 saturated heterocycles. The first kappa shape index (κ1) is 10.5. The number of ether oxygens (including phenoxy) is 1. The van der Waals surface area contributed by atoms with E-state index >= 15 is 0 Å². The lowest BCUT2D eigenvalue weighted by Gasteiger charge is -2.10. The van der Waals surface area contributed by atoms with Gasteiger partial charge in [0.05, 0.1) is 12.7 Å². The van der Waals surface area contributed by atoms with E-state index in [0.717, 1.165) is 10.6 Å². The molecule has 1 aromatic rings. The standard InChI is InChI=1S/C10H14ClNO/c1-8(6-12)13-7-9-3-2-4-10(11)5-9/h2-5,8H,6-7,12H2,1H3. The van der Waals surface area contributed by atoms with Gasteiger partial charge in [0.2, 0.25) is 0 Å². The van der Waals surface area contributed by atoms with E-state index in [9.17, 15) is 0 Å². The molecule has 2 N–H and O–H groups in total. The van der Waals surface area contributed by atoms with E-state index in [1.807, 2.05) is 31.2 Å². The summed E-state index contributed by atoms with van der Waals surface area (Å²) < 4.78 is 5.45. The molecule has 0 aromatic heterocycles. The predicted molar refractivity (Wildman–Crippen MR) is 54.8 cm³/mol. The number of rotatable bonds is 4. The van der Waals surface area contributed by atoms with Crippen LogP contribution in [0, 0.1) is 0 Å². The first-order valence-electron chi connectivity index (χ1n) is 4.28. The van der Waals surface area contributed by atoms with Crippen LogP contribution in [-0.4, -0.2) is 12.6 Å². The average molecular weight is 200 g/mol. The van der Waals surface area contributed by atoms with Gasteiger partial charge >= 0.3 is 0 Å². The normalized spacial score (nSPS) is 12.8. The molecule has 1 aromatic carbocycles. The van der Waals surface area contributed by atoms with Crippen molar-refractivity contribution in [3.8, 4) is 0 Å². The fourth-order valence-electron chi connectivity index (χ4n) is 0.933. The monoisotopic (exact) mass is 199 g/mol. The summed E-state index contributed by atoms with van der Waals surface area (Å²) in [6.45, 7) is 3.06. The molecule has 1 unspecified atom stereocenters. The summed E-state index contributed by atoms with van der Waals surface area (Å²) in [5, 5.41) is 0.738. The van der Waals surface area contributed by atoms with Crippen LogP contribution < -0.4 is 5.73 Å². The van der Waals surface area contributed by atoms with Crippen molar-refractivity contribution in [1.29, 1.82) is 0 Å². The first-order chi connectivity index (χ1) is 6.22. The van der Waals surface area contributed by atoms with Gasteiger partial charge in [0.1, 0.15) is 0 Å². The maximum absolute atomic E-state index is 5.81. The lowest BCUT2D eigenvalue weighted by atomic mass is 10.2. The lowest BCUT2D eigenvalue weighted by molar-refractivity contribution is 0.0590. The highest BCUT2D eigenvalue weighted by Crippen LogP contribution is 2.11. The third-order valence-corrected chi connectivity index (χ3v) is 1.99. The maximum atomic E-state index is 5.81. The molecule has 0 bridgehead atoms. The number of hydrogen-bond donors (Lipinski definition) is 1. The topological polar surface area (TPSA) is 35.2 Å². The van der Waals surface area contributed by atoms with Gasteiger partial charge in [-0.05, 0) is 24.6 Å². The minimum Gasteiger partial charge on any atom is -0.373 e. The fraction of sp³-hybridized carbons (Fsp3) is 0.400. The highest BCUT2D eigenvalue weighted by Gasteiger charge is 1.99. The zero-order chi connectivity index (χ0) is 9.68. The van der Waals surface area contributed by atoms with Crippen molar-refractivity contribution in [2.75, 3.05) is 6.54 Å². The molecule has 1 rings (SSSR count). The molecule has 0 fully saturated rings. The Bertz CT molecular complexity index is 265. The Morgan fingerprint density at radius 3 is 2.92 bits per heavy atom. The van der Waals surface area contributed by atoms with Crippen molar-refractivity contribution in [2.45, 2.75) is 19.6 Å². The minimum atomic E-state index is 0.0963. The second-order valence-corrected chi connectivity index (χ2v) is 3.42. The summed E-state index contributed by atoms with van der Waals surface area (Å²) in [5.74, 6) is 0. The molecule has 0 radical (unpaired) electrons. The Hall–Kier alpha value is -0.570. The van der Waals surface area contributed by atoms with Crippen LogP contribution in [0.3, 0.4) is 0 Å². The van der Waals surface area contributed by atoms with E-state index in [0.29, 0.717) is 13.2 Å². The van der Waals surface area contributed by atoms with Gasteiger partial charge in [-0.2, -0.15) is 0 Å². The third-order valence-electron chi connectivity index (χ3n) is 1.76. The Balaban J connectivity index is 2.45. The summed E-state index contributed by atoms with van der Waals surface area (Å²) in [4.78, 5) is 0. The van der Waals surface area contributed by atoms with Crippen molar-refractivity contribution in [2.24, 2.45) is 5.73 Å². The summed E-state index contributed by atoms with van der Waals surface area (Å²) in [6.07, 6.45) is 0.0963. The van der Waals surface area contributed by atoms with E-state index in [4.69, 9.17) is 22.1 Å². The van der Waals surface area contributed by atoms with Crippen LogP contribution >= 0.6 is 11.6 Å². The van der Waals surface area contributed by atoms with Gasteiger partial charge in [0, 0.05) is 11.6 Å². The van der Waals surface area contributed by atoms with Gasteiger partial charge < -0.3 is 10.5 Å². The quantitative estimate of drug-likeness (QED) is 0.807. The SMILES string of the molecule is CC(CN)OCc1cccc(Cl)c1. The Labute approximate surface area is 83.6 Å². The Kier molecular flexibility index (Phi) is 4.22. The van der Waals surface area contributed by atoms with E-state index in [1.165, 1.54) is 0 Å². The summed E-state index contributed by atoms with van der Waals surface area (Å²) in [6, 6.07) is 7.63. The van der Waals surface area contributed by atoms with Crippen LogP contribution in [0.1, 0.15) is 12.5 Å². The highest BCUT2D eigenvalue weighted by atomic mass is 35.5. The maximum Gasteiger partial charge on any atom is 0.0721 e. The first-order valence-corrected chi connectivity index (χ1v) is 4.66. The molecule has 0 amide bonds. The molecule has 72 valence electrons. The van der Waals surface area contributed by atoms with Crippen LogP contribution in [-0.2, 0) is 11.3 Å². The summed E-state index contributed by atoms with van der Waals surface area (Å²) in [7, 11) is 0. The molecular formula is C10H14ClNO. The van der Waals surface area contributed by atoms with Gasteiger partial charge in [-0.15, -0.1) is 0 Å². The minimum absolute atomic E-state index is 0.0963. The Morgan fingerprint density at radius 2 is 2.31 bits per heavy atom. The summed E-state index contributed by atoms with van der Waals surface area (Å²) >= 11 is 5.81. The molecule has 0 aliphatic heterocycles. The van der Waals surface area contributed by atoms with E-state index in [2.05, 4.69) is 0 Å². The largest absolute Gasteiger partial charge is 0.373 e. The molecule has 2 nitrogen and oxygen atoms in total. The van der Waals surface area contributed by atoms with Crippen LogP contribution in [0.15, 0.2) is 24.3 Å². The lowest BCUT2D eigenvalue weighted by Crippen LogP contribution is -2.19. The van der Waals surface area contributed by atoms with E-state index < -0.39 is 0 Å². The molecule has 0 aliphatic carbocycles. The predicted octanol–water partition coefficient (Wildman–Crippen LogP) is 2.20.